The van der Waals surface area contributed by atoms with Crippen molar-refractivity contribution in [2.24, 2.45) is 5.92 Å². The number of rotatable bonds is 2. The molecule has 1 saturated carbocycles. The molecule has 3 unspecified atom stereocenters. The lowest BCUT2D eigenvalue weighted by Gasteiger charge is -2.41. The highest BCUT2D eigenvalue weighted by Crippen LogP contribution is 2.58. The van der Waals surface area contributed by atoms with Gasteiger partial charge in [-0.05, 0) is 54.2 Å². The van der Waals surface area contributed by atoms with E-state index in [1.165, 1.54) is 36.0 Å². The van der Waals surface area contributed by atoms with Crippen LogP contribution in [0, 0.1) is 5.92 Å². The summed E-state index contributed by atoms with van der Waals surface area (Å²) in [5.41, 5.74) is 6.05. The molecule has 1 aromatic carbocycles. The van der Waals surface area contributed by atoms with E-state index in [9.17, 15) is 4.79 Å². The molecule has 1 aromatic rings. The molecule has 0 aromatic heterocycles. The molecule has 3 aliphatic rings. The van der Waals surface area contributed by atoms with E-state index >= 15 is 0 Å². The molecule has 0 saturated heterocycles. The molecule has 1 fully saturated rings. The van der Waals surface area contributed by atoms with Crippen LogP contribution in [-0.4, -0.2) is 5.78 Å². The number of hydrogen-bond acceptors (Lipinski definition) is 1. The third-order valence-electron chi connectivity index (χ3n) is 6.28. The Bertz CT molecular complexity index is 639. The minimum Gasteiger partial charge on any atom is -0.299 e. The highest BCUT2D eigenvalue weighted by atomic mass is 16.1. The zero-order chi connectivity index (χ0) is 14.6. The topological polar surface area (TPSA) is 17.1 Å². The number of carbonyl (C=O) groups is 1. The van der Waals surface area contributed by atoms with Gasteiger partial charge in [0, 0.05) is 18.3 Å². The van der Waals surface area contributed by atoms with Gasteiger partial charge in [0.1, 0.15) is 5.78 Å². The third-order valence-corrected chi connectivity index (χ3v) is 6.28. The fourth-order valence-electron chi connectivity index (χ4n) is 4.90. The molecule has 1 spiro atoms. The van der Waals surface area contributed by atoms with Gasteiger partial charge in [-0.15, -0.1) is 0 Å². The van der Waals surface area contributed by atoms with Crippen molar-refractivity contribution in [2.75, 3.05) is 0 Å². The van der Waals surface area contributed by atoms with Crippen molar-refractivity contribution in [3.8, 4) is 0 Å². The quantitative estimate of drug-likeness (QED) is 0.718. The minimum atomic E-state index is 0.151. The number of fused-ring (bicyclic) bond motifs is 5. The summed E-state index contributed by atoms with van der Waals surface area (Å²) < 4.78 is 0. The molecule has 3 atom stereocenters. The normalized spacial score (nSPS) is 31.4. The number of hydrogen-bond donors (Lipinski definition) is 0. The summed E-state index contributed by atoms with van der Waals surface area (Å²) in [5, 5.41) is 0. The van der Waals surface area contributed by atoms with Gasteiger partial charge in [-0.1, -0.05) is 43.7 Å². The average molecular weight is 280 g/mol. The van der Waals surface area contributed by atoms with E-state index < -0.39 is 0 Å². The predicted molar refractivity (Wildman–Crippen MR) is 85.6 cm³/mol. The van der Waals surface area contributed by atoms with Gasteiger partial charge in [0.2, 0.25) is 0 Å². The Balaban J connectivity index is 1.85. The van der Waals surface area contributed by atoms with Gasteiger partial charge >= 0.3 is 0 Å². The second-order valence-corrected chi connectivity index (χ2v) is 7.45. The smallest absolute Gasteiger partial charge is 0.138 e. The number of carbonyl (C=O) groups excluding carboxylic acids is 1. The maximum Gasteiger partial charge on any atom is 0.138 e. The molecular weight excluding hydrogens is 256 g/mol. The van der Waals surface area contributed by atoms with Crippen molar-refractivity contribution < 1.29 is 4.79 Å². The Labute approximate surface area is 127 Å². The fourth-order valence-corrected chi connectivity index (χ4v) is 4.90. The molecule has 0 heterocycles. The highest BCUT2D eigenvalue weighted by molar-refractivity contribution is 5.85. The van der Waals surface area contributed by atoms with Crippen LogP contribution in [0.15, 0.2) is 29.8 Å². The van der Waals surface area contributed by atoms with Gasteiger partial charge in [-0.3, -0.25) is 4.79 Å². The molecule has 0 aliphatic heterocycles. The van der Waals surface area contributed by atoms with Crippen LogP contribution in [0.2, 0.25) is 0 Å². The second-order valence-electron chi connectivity index (χ2n) is 7.45. The fraction of sp³-hybridized carbons (Fsp3) is 0.550. The van der Waals surface area contributed by atoms with E-state index in [4.69, 9.17) is 0 Å². The van der Waals surface area contributed by atoms with Crippen LogP contribution in [0.4, 0.5) is 0 Å². The Morgan fingerprint density at radius 1 is 1.33 bits per heavy atom. The first kappa shape index (κ1) is 13.3. The van der Waals surface area contributed by atoms with Crippen molar-refractivity contribution in [3.05, 3.63) is 46.5 Å². The lowest BCUT2D eigenvalue weighted by atomic mass is 9.62. The van der Waals surface area contributed by atoms with Crippen LogP contribution in [0.3, 0.4) is 0 Å². The summed E-state index contributed by atoms with van der Waals surface area (Å²) >= 11 is 0. The SMILES string of the molecule is CCC(C)c1ccc2c(c1)C1(CC(=O)C2)CC2=CCC1C2. The van der Waals surface area contributed by atoms with E-state index in [1.54, 1.807) is 5.57 Å². The minimum absolute atomic E-state index is 0.151. The van der Waals surface area contributed by atoms with E-state index in [0.29, 0.717) is 24.0 Å². The van der Waals surface area contributed by atoms with Crippen molar-refractivity contribution in [3.63, 3.8) is 0 Å². The van der Waals surface area contributed by atoms with Crippen LogP contribution in [-0.2, 0) is 16.6 Å². The number of ketones is 1. The first-order chi connectivity index (χ1) is 10.1. The van der Waals surface area contributed by atoms with Gasteiger partial charge in [0.25, 0.3) is 0 Å². The van der Waals surface area contributed by atoms with Crippen molar-refractivity contribution in [1.82, 2.24) is 0 Å². The molecule has 4 rings (SSSR count). The van der Waals surface area contributed by atoms with Crippen LogP contribution in [0.1, 0.15) is 68.6 Å². The van der Waals surface area contributed by atoms with Gasteiger partial charge in [0.15, 0.2) is 0 Å². The largest absolute Gasteiger partial charge is 0.299 e. The summed E-state index contributed by atoms with van der Waals surface area (Å²) in [4.78, 5) is 12.3. The first-order valence-corrected chi connectivity index (χ1v) is 8.45. The second kappa shape index (κ2) is 4.56. The maximum absolute atomic E-state index is 12.3. The van der Waals surface area contributed by atoms with E-state index in [2.05, 4.69) is 38.1 Å². The summed E-state index contributed by atoms with van der Waals surface area (Å²) in [6.07, 6.45) is 8.61. The Morgan fingerprint density at radius 2 is 2.19 bits per heavy atom. The Morgan fingerprint density at radius 3 is 2.86 bits per heavy atom. The summed E-state index contributed by atoms with van der Waals surface area (Å²) in [7, 11) is 0. The lowest BCUT2D eigenvalue weighted by molar-refractivity contribution is -0.120. The van der Waals surface area contributed by atoms with Crippen LogP contribution in [0.25, 0.3) is 0 Å². The molecular formula is C20H24O. The predicted octanol–water partition coefficient (Wildman–Crippen LogP) is 4.69. The van der Waals surface area contributed by atoms with Crippen molar-refractivity contribution >= 4 is 5.78 Å². The Hall–Kier alpha value is -1.37. The van der Waals surface area contributed by atoms with Gasteiger partial charge in [-0.2, -0.15) is 0 Å². The number of allylic oxidation sites excluding steroid dienone is 2. The molecule has 110 valence electrons. The zero-order valence-corrected chi connectivity index (χ0v) is 13.1. The monoisotopic (exact) mass is 280 g/mol. The summed E-state index contributed by atoms with van der Waals surface area (Å²) in [5.74, 6) is 1.75. The average Bonchev–Trinajstić information content (AvgIpc) is 3.07. The maximum atomic E-state index is 12.3. The van der Waals surface area contributed by atoms with E-state index in [0.717, 1.165) is 12.8 Å². The highest BCUT2D eigenvalue weighted by Gasteiger charge is 2.51. The number of benzene rings is 1. The lowest BCUT2D eigenvalue weighted by Crippen LogP contribution is -2.39. The third kappa shape index (κ3) is 1.86. The van der Waals surface area contributed by atoms with Crippen molar-refractivity contribution in [2.45, 2.75) is 63.7 Å². The molecule has 0 N–H and O–H groups in total. The first-order valence-electron chi connectivity index (χ1n) is 8.45. The van der Waals surface area contributed by atoms with Gasteiger partial charge in [0.05, 0.1) is 0 Å². The summed E-state index contributed by atoms with van der Waals surface area (Å²) in [6.45, 7) is 4.57. The van der Waals surface area contributed by atoms with Crippen LogP contribution < -0.4 is 0 Å². The molecule has 21 heavy (non-hydrogen) atoms. The van der Waals surface area contributed by atoms with Crippen LogP contribution in [0.5, 0.6) is 0 Å². The summed E-state index contributed by atoms with van der Waals surface area (Å²) in [6, 6.07) is 6.96. The van der Waals surface area contributed by atoms with E-state index in [1.807, 2.05) is 0 Å². The molecule has 0 radical (unpaired) electrons. The van der Waals surface area contributed by atoms with Crippen molar-refractivity contribution in [1.29, 1.82) is 0 Å². The van der Waals surface area contributed by atoms with Crippen LogP contribution >= 0.6 is 0 Å². The molecule has 2 bridgehead atoms. The molecule has 1 nitrogen and oxygen atoms in total. The number of Topliss-reactive ketones (excluding diaryl/α,β-unsaturated/α-hetero) is 1. The standard InChI is InChI=1S/C20H24O/c1-3-13(2)15-5-6-16-9-18(21)12-20(19(16)10-15)11-14-4-7-17(20)8-14/h4-6,10,13,17H,3,7-9,11-12H2,1-2H3. The molecule has 1 heteroatoms. The van der Waals surface area contributed by atoms with E-state index in [-0.39, 0.29) is 5.41 Å². The van der Waals surface area contributed by atoms with Gasteiger partial charge in [-0.25, -0.2) is 0 Å². The molecule has 3 aliphatic carbocycles. The Kier molecular flexibility index (Phi) is 2.89. The zero-order valence-electron chi connectivity index (χ0n) is 13.1. The molecule has 0 amide bonds. The van der Waals surface area contributed by atoms with Gasteiger partial charge < -0.3 is 0 Å².